The van der Waals surface area contributed by atoms with Gasteiger partial charge in [0.05, 0.1) is 6.54 Å². The summed E-state index contributed by atoms with van der Waals surface area (Å²) in [6.07, 6.45) is 0. The molecule has 0 spiro atoms. The Morgan fingerprint density at radius 1 is 0.920 bits per heavy atom. The minimum absolute atomic E-state index is 0.0966. The van der Waals surface area contributed by atoms with Gasteiger partial charge in [-0.05, 0) is 61.0 Å². The SMILES string of the molecule is Cc1ccc(N(Cc2ccc(F)cc2)C(=O)c2ccc(Br)cc2)cc1. The molecule has 4 heteroatoms. The van der Waals surface area contributed by atoms with Crippen LogP contribution in [0, 0.1) is 12.7 Å². The predicted octanol–water partition coefficient (Wildman–Crippen LogP) is 5.74. The molecule has 0 N–H and O–H groups in total. The third-order valence-electron chi connectivity index (χ3n) is 3.94. The standard InChI is InChI=1S/C21H17BrFNO/c1-15-2-12-20(13-3-15)24(14-16-4-10-19(23)11-5-16)21(25)17-6-8-18(22)9-7-17/h2-13H,14H2,1H3. The molecule has 3 aromatic carbocycles. The van der Waals surface area contributed by atoms with Gasteiger partial charge < -0.3 is 4.90 Å². The average molecular weight is 398 g/mol. The van der Waals surface area contributed by atoms with Crippen LogP contribution in [0.15, 0.2) is 77.3 Å². The summed E-state index contributed by atoms with van der Waals surface area (Å²) in [7, 11) is 0. The monoisotopic (exact) mass is 397 g/mol. The molecule has 2 nitrogen and oxygen atoms in total. The summed E-state index contributed by atoms with van der Waals surface area (Å²) < 4.78 is 14.1. The van der Waals surface area contributed by atoms with Crippen molar-refractivity contribution in [1.29, 1.82) is 0 Å². The Morgan fingerprint density at radius 2 is 1.52 bits per heavy atom. The minimum atomic E-state index is -0.287. The van der Waals surface area contributed by atoms with Gasteiger partial charge in [0.2, 0.25) is 0 Å². The Hall–Kier alpha value is -2.46. The van der Waals surface area contributed by atoms with Gasteiger partial charge in [-0.15, -0.1) is 0 Å². The van der Waals surface area contributed by atoms with Crippen molar-refractivity contribution in [2.24, 2.45) is 0 Å². The lowest BCUT2D eigenvalue weighted by atomic mass is 10.1. The van der Waals surface area contributed by atoms with E-state index >= 15 is 0 Å². The number of nitrogens with zero attached hydrogens (tertiary/aromatic N) is 1. The zero-order valence-electron chi connectivity index (χ0n) is 13.7. The normalized spacial score (nSPS) is 10.5. The maximum atomic E-state index is 13.2. The maximum absolute atomic E-state index is 13.2. The van der Waals surface area contributed by atoms with Crippen LogP contribution in [-0.4, -0.2) is 5.91 Å². The molecule has 25 heavy (non-hydrogen) atoms. The van der Waals surface area contributed by atoms with Crippen molar-refractivity contribution in [2.45, 2.75) is 13.5 Å². The van der Waals surface area contributed by atoms with Gasteiger partial charge >= 0.3 is 0 Å². The molecule has 0 aliphatic rings. The van der Waals surface area contributed by atoms with Crippen LogP contribution < -0.4 is 4.90 Å². The topological polar surface area (TPSA) is 20.3 Å². The summed E-state index contributed by atoms with van der Waals surface area (Å²) in [5.74, 6) is -0.384. The number of hydrogen-bond donors (Lipinski definition) is 0. The van der Waals surface area contributed by atoms with Gasteiger partial charge in [-0.1, -0.05) is 45.8 Å². The van der Waals surface area contributed by atoms with E-state index in [1.807, 2.05) is 43.3 Å². The Balaban J connectivity index is 1.95. The average Bonchev–Trinajstić information content (AvgIpc) is 2.62. The summed E-state index contributed by atoms with van der Waals surface area (Å²) in [4.78, 5) is 14.8. The molecule has 0 saturated heterocycles. The van der Waals surface area contributed by atoms with E-state index in [0.29, 0.717) is 12.1 Å². The number of rotatable bonds is 4. The number of amides is 1. The fourth-order valence-electron chi connectivity index (χ4n) is 2.53. The van der Waals surface area contributed by atoms with E-state index < -0.39 is 0 Å². The lowest BCUT2D eigenvalue weighted by molar-refractivity contribution is 0.0985. The maximum Gasteiger partial charge on any atom is 0.258 e. The second-order valence-electron chi connectivity index (χ2n) is 5.86. The molecule has 0 bridgehead atoms. The van der Waals surface area contributed by atoms with Crippen molar-refractivity contribution in [3.8, 4) is 0 Å². The van der Waals surface area contributed by atoms with Gasteiger partial charge in [0, 0.05) is 15.7 Å². The summed E-state index contributed by atoms with van der Waals surface area (Å²) in [6.45, 7) is 2.38. The number of anilines is 1. The Bertz CT molecular complexity index is 858. The van der Waals surface area contributed by atoms with Gasteiger partial charge in [0.1, 0.15) is 5.82 Å². The first kappa shape index (κ1) is 17.4. The van der Waals surface area contributed by atoms with Crippen molar-refractivity contribution in [3.05, 3.63) is 99.8 Å². The van der Waals surface area contributed by atoms with Crippen LogP contribution in [0.4, 0.5) is 10.1 Å². The Morgan fingerprint density at radius 3 is 2.12 bits per heavy atom. The van der Waals surface area contributed by atoms with Gasteiger partial charge in [-0.3, -0.25) is 4.79 Å². The van der Waals surface area contributed by atoms with Gasteiger partial charge in [0.15, 0.2) is 0 Å². The number of hydrogen-bond acceptors (Lipinski definition) is 1. The quantitative estimate of drug-likeness (QED) is 0.549. The first-order valence-electron chi connectivity index (χ1n) is 7.91. The van der Waals surface area contributed by atoms with Crippen LogP contribution in [0.5, 0.6) is 0 Å². The molecule has 0 atom stereocenters. The van der Waals surface area contributed by atoms with Gasteiger partial charge in [-0.2, -0.15) is 0 Å². The summed E-state index contributed by atoms with van der Waals surface area (Å²) in [5, 5.41) is 0. The molecule has 1 amide bonds. The van der Waals surface area contributed by atoms with Crippen LogP contribution in [0.3, 0.4) is 0 Å². The second-order valence-corrected chi connectivity index (χ2v) is 6.78. The number of benzene rings is 3. The Kier molecular flexibility index (Phi) is 5.29. The van der Waals surface area contributed by atoms with Crippen molar-refractivity contribution in [1.82, 2.24) is 0 Å². The highest BCUT2D eigenvalue weighted by molar-refractivity contribution is 9.10. The molecular formula is C21H17BrFNO. The van der Waals surface area contributed by atoms with Gasteiger partial charge in [-0.25, -0.2) is 4.39 Å². The molecule has 0 aliphatic heterocycles. The van der Waals surface area contributed by atoms with E-state index in [0.717, 1.165) is 21.3 Å². The first-order valence-corrected chi connectivity index (χ1v) is 8.71. The molecule has 0 unspecified atom stereocenters. The molecule has 3 rings (SSSR count). The van der Waals surface area contributed by atoms with E-state index in [4.69, 9.17) is 0 Å². The van der Waals surface area contributed by atoms with Crippen LogP contribution in [0.25, 0.3) is 0 Å². The van der Waals surface area contributed by atoms with Crippen molar-refractivity contribution < 1.29 is 9.18 Å². The molecule has 0 radical (unpaired) electrons. The van der Waals surface area contributed by atoms with E-state index in [1.165, 1.54) is 12.1 Å². The largest absolute Gasteiger partial charge is 0.304 e. The highest BCUT2D eigenvalue weighted by atomic mass is 79.9. The number of carbonyl (C=O) groups excluding carboxylic acids is 1. The molecule has 126 valence electrons. The molecule has 0 fully saturated rings. The van der Waals surface area contributed by atoms with Crippen molar-refractivity contribution >= 4 is 27.5 Å². The lowest BCUT2D eigenvalue weighted by Gasteiger charge is -2.23. The van der Waals surface area contributed by atoms with Crippen LogP contribution in [-0.2, 0) is 6.54 Å². The van der Waals surface area contributed by atoms with E-state index in [-0.39, 0.29) is 11.7 Å². The number of carbonyl (C=O) groups is 1. The van der Waals surface area contributed by atoms with Crippen LogP contribution in [0.2, 0.25) is 0 Å². The van der Waals surface area contributed by atoms with E-state index in [9.17, 15) is 9.18 Å². The van der Waals surface area contributed by atoms with Crippen LogP contribution in [0.1, 0.15) is 21.5 Å². The number of halogens is 2. The highest BCUT2D eigenvalue weighted by Gasteiger charge is 2.18. The van der Waals surface area contributed by atoms with Gasteiger partial charge in [0.25, 0.3) is 5.91 Å². The molecule has 0 aliphatic carbocycles. The second kappa shape index (κ2) is 7.62. The zero-order chi connectivity index (χ0) is 17.8. The van der Waals surface area contributed by atoms with E-state index in [1.54, 1.807) is 29.2 Å². The van der Waals surface area contributed by atoms with Crippen molar-refractivity contribution in [2.75, 3.05) is 4.90 Å². The molecular weight excluding hydrogens is 381 g/mol. The minimum Gasteiger partial charge on any atom is -0.304 e. The zero-order valence-corrected chi connectivity index (χ0v) is 15.3. The smallest absolute Gasteiger partial charge is 0.258 e. The third-order valence-corrected chi connectivity index (χ3v) is 4.46. The predicted molar refractivity (Wildman–Crippen MR) is 102 cm³/mol. The Labute approximate surface area is 155 Å². The van der Waals surface area contributed by atoms with Crippen LogP contribution >= 0.6 is 15.9 Å². The van der Waals surface area contributed by atoms with Crippen molar-refractivity contribution in [3.63, 3.8) is 0 Å². The summed E-state index contributed by atoms with van der Waals surface area (Å²) >= 11 is 3.38. The van der Waals surface area contributed by atoms with E-state index in [2.05, 4.69) is 15.9 Å². The molecule has 3 aromatic rings. The number of aryl methyl sites for hydroxylation is 1. The highest BCUT2D eigenvalue weighted by Crippen LogP contribution is 2.22. The molecule has 0 aromatic heterocycles. The fraction of sp³-hybridized carbons (Fsp3) is 0.0952. The summed E-state index contributed by atoms with van der Waals surface area (Å²) in [6, 6.07) is 21.3. The molecule has 0 saturated carbocycles. The summed E-state index contributed by atoms with van der Waals surface area (Å²) in [5.41, 5.74) is 3.41. The lowest BCUT2D eigenvalue weighted by Crippen LogP contribution is -2.30. The fourth-order valence-corrected chi connectivity index (χ4v) is 2.79. The first-order chi connectivity index (χ1) is 12.0. The molecule has 0 heterocycles. The third kappa shape index (κ3) is 4.34.